The third kappa shape index (κ3) is 4.18. The highest BCUT2D eigenvalue weighted by Gasteiger charge is 2.24. The molecule has 7 nitrogen and oxygen atoms in total. The average molecular weight is 411 g/mol. The summed E-state index contributed by atoms with van der Waals surface area (Å²) in [5, 5.41) is 6.10. The van der Waals surface area contributed by atoms with Crippen molar-refractivity contribution in [3.05, 3.63) is 65.5 Å². The van der Waals surface area contributed by atoms with Crippen molar-refractivity contribution in [1.29, 1.82) is 0 Å². The molecule has 0 saturated heterocycles. The molecule has 1 amide bonds. The number of nitrogens with two attached hydrogens (primary N) is 1. The molecule has 1 unspecified atom stereocenters. The topological polar surface area (TPSA) is 99.6 Å². The Labute approximate surface area is 171 Å². The van der Waals surface area contributed by atoms with Gasteiger partial charge in [-0.25, -0.2) is 4.98 Å². The number of nitrogens with one attached hydrogen (secondary N) is 1. The van der Waals surface area contributed by atoms with E-state index in [1.54, 1.807) is 24.3 Å². The number of thiophene rings is 1. The van der Waals surface area contributed by atoms with Gasteiger partial charge in [-0.3, -0.25) is 14.6 Å². The molecule has 3 N–H and O–H groups in total. The lowest BCUT2D eigenvalue weighted by molar-refractivity contribution is -0.199. The van der Waals surface area contributed by atoms with Crippen molar-refractivity contribution in [1.82, 2.24) is 10.3 Å². The summed E-state index contributed by atoms with van der Waals surface area (Å²) in [6, 6.07) is 7.81. The van der Waals surface area contributed by atoms with Gasteiger partial charge in [0.1, 0.15) is 18.2 Å². The van der Waals surface area contributed by atoms with Crippen LogP contribution in [0.2, 0.25) is 0 Å². The number of amides is 1. The van der Waals surface area contributed by atoms with Crippen LogP contribution >= 0.6 is 11.3 Å². The summed E-state index contributed by atoms with van der Waals surface area (Å²) in [5.41, 5.74) is 8.07. The van der Waals surface area contributed by atoms with E-state index in [-0.39, 0.29) is 17.7 Å². The Morgan fingerprint density at radius 1 is 1.31 bits per heavy atom. The summed E-state index contributed by atoms with van der Waals surface area (Å²) in [6.45, 7) is 2.18. The van der Waals surface area contributed by atoms with Gasteiger partial charge in [0.15, 0.2) is 5.89 Å². The van der Waals surface area contributed by atoms with Gasteiger partial charge in [-0.05, 0) is 48.5 Å². The fraction of sp³-hybridized carbons (Fsp3) is 0.238. The third-order valence-electron chi connectivity index (χ3n) is 4.62. The largest absolute Gasteiger partial charge is 0.435 e. The first-order valence-corrected chi connectivity index (χ1v) is 10.2. The normalized spacial score (nSPS) is 14.2. The third-order valence-corrected chi connectivity index (χ3v) is 5.50. The number of aromatic nitrogens is 1. The smallest absolute Gasteiger partial charge is 0.289 e. The van der Waals surface area contributed by atoms with Crippen molar-refractivity contribution in [3.8, 4) is 11.3 Å². The fourth-order valence-electron chi connectivity index (χ4n) is 3.32. The highest BCUT2D eigenvalue weighted by Crippen LogP contribution is 2.33. The predicted molar refractivity (Wildman–Crippen MR) is 111 cm³/mol. The summed E-state index contributed by atoms with van der Waals surface area (Å²) >= 11 is 1.65. The first-order chi connectivity index (χ1) is 14.2. The van der Waals surface area contributed by atoms with Crippen LogP contribution in [0.15, 0.2) is 58.2 Å². The standard InChI is InChI=1S/C21H21N3O4S/c1-13-23-19(17-3-2-4-18-16(17)7-10-29-18)20(28-13)21(25)24-15(5-8-22)11-14-6-9-26-27-12-14/h2-4,6-7,9-10,12,15H,5,8,11,22H2,1H3,(H,24,25). The maximum atomic E-state index is 13.1. The van der Waals surface area contributed by atoms with Crippen molar-refractivity contribution in [2.75, 3.05) is 6.54 Å². The zero-order valence-corrected chi connectivity index (χ0v) is 16.7. The van der Waals surface area contributed by atoms with E-state index in [0.717, 1.165) is 21.2 Å². The van der Waals surface area contributed by atoms with Gasteiger partial charge in [-0.15, -0.1) is 11.3 Å². The molecule has 3 heterocycles. The monoisotopic (exact) mass is 411 g/mol. The summed E-state index contributed by atoms with van der Waals surface area (Å²) in [4.78, 5) is 27.1. The number of oxazole rings is 1. The maximum absolute atomic E-state index is 13.1. The number of aryl methyl sites for hydroxylation is 1. The van der Waals surface area contributed by atoms with E-state index in [4.69, 9.17) is 19.9 Å². The van der Waals surface area contributed by atoms with Crippen LogP contribution in [0.1, 0.15) is 29.3 Å². The lowest BCUT2D eigenvalue weighted by Crippen LogP contribution is -2.36. The van der Waals surface area contributed by atoms with E-state index >= 15 is 0 Å². The number of carbonyl (C=O) groups excluding carboxylic acids is 1. The molecule has 1 aromatic carbocycles. The van der Waals surface area contributed by atoms with E-state index in [1.165, 1.54) is 12.5 Å². The molecule has 2 aromatic heterocycles. The maximum Gasteiger partial charge on any atom is 0.289 e. The summed E-state index contributed by atoms with van der Waals surface area (Å²) < 4.78 is 6.83. The molecule has 0 aliphatic carbocycles. The number of benzene rings is 1. The highest BCUT2D eigenvalue weighted by molar-refractivity contribution is 7.17. The van der Waals surface area contributed by atoms with Crippen molar-refractivity contribution in [2.24, 2.45) is 5.73 Å². The molecule has 1 atom stereocenters. The molecule has 0 bridgehead atoms. The fourth-order valence-corrected chi connectivity index (χ4v) is 4.13. The first-order valence-electron chi connectivity index (χ1n) is 9.28. The molecule has 0 spiro atoms. The Balaban J connectivity index is 1.61. The molecule has 0 saturated carbocycles. The molecule has 1 aliphatic heterocycles. The van der Waals surface area contributed by atoms with E-state index in [2.05, 4.69) is 10.3 Å². The highest BCUT2D eigenvalue weighted by atomic mass is 32.1. The number of allylic oxidation sites excluding steroid dienone is 1. The van der Waals surface area contributed by atoms with Crippen LogP contribution in [0, 0.1) is 6.92 Å². The van der Waals surface area contributed by atoms with E-state index in [9.17, 15) is 4.79 Å². The van der Waals surface area contributed by atoms with Gasteiger partial charge in [0.05, 0.1) is 0 Å². The van der Waals surface area contributed by atoms with Gasteiger partial charge in [0, 0.05) is 28.6 Å². The summed E-state index contributed by atoms with van der Waals surface area (Å²) in [5.74, 6) is 0.330. The minimum atomic E-state index is -0.316. The number of hydrogen-bond donors (Lipinski definition) is 2. The first kappa shape index (κ1) is 19.2. The minimum absolute atomic E-state index is 0.180. The quantitative estimate of drug-likeness (QED) is 0.569. The number of fused-ring (bicyclic) bond motifs is 1. The molecule has 0 fully saturated rings. The van der Waals surface area contributed by atoms with Gasteiger partial charge < -0.3 is 15.5 Å². The van der Waals surface area contributed by atoms with Gasteiger partial charge in [-0.1, -0.05) is 12.1 Å². The van der Waals surface area contributed by atoms with E-state index in [1.807, 2.05) is 29.6 Å². The Morgan fingerprint density at radius 3 is 3.00 bits per heavy atom. The zero-order valence-electron chi connectivity index (χ0n) is 15.9. The Kier molecular flexibility index (Phi) is 5.64. The van der Waals surface area contributed by atoms with E-state index in [0.29, 0.717) is 31.0 Å². The second-order valence-corrected chi connectivity index (χ2v) is 7.64. The van der Waals surface area contributed by atoms with Gasteiger partial charge in [0.25, 0.3) is 5.91 Å². The second-order valence-electron chi connectivity index (χ2n) is 6.69. The van der Waals surface area contributed by atoms with Crippen LogP contribution < -0.4 is 11.1 Å². The van der Waals surface area contributed by atoms with Crippen LogP contribution in [0.25, 0.3) is 21.3 Å². The summed E-state index contributed by atoms with van der Waals surface area (Å²) in [6.07, 6.45) is 5.93. The Morgan fingerprint density at radius 2 is 2.21 bits per heavy atom. The number of hydrogen-bond acceptors (Lipinski definition) is 7. The van der Waals surface area contributed by atoms with Gasteiger partial charge in [-0.2, -0.15) is 0 Å². The van der Waals surface area contributed by atoms with Crippen LogP contribution in [0.4, 0.5) is 0 Å². The van der Waals surface area contributed by atoms with Crippen LogP contribution in [-0.4, -0.2) is 23.5 Å². The van der Waals surface area contributed by atoms with E-state index < -0.39 is 0 Å². The van der Waals surface area contributed by atoms with Crippen molar-refractivity contribution >= 4 is 27.3 Å². The number of nitrogens with zero attached hydrogens (tertiary/aromatic N) is 1. The van der Waals surface area contributed by atoms with Crippen LogP contribution in [-0.2, 0) is 9.78 Å². The molecule has 29 heavy (non-hydrogen) atoms. The zero-order chi connectivity index (χ0) is 20.2. The number of carbonyl (C=O) groups is 1. The molecular weight excluding hydrogens is 390 g/mol. The van der Waals surface area contributed by atoms with Gasteiger partial charge in [0.2, 0.25) is 5.76 Å². The molecule has 1 aliphatic rings. The molecule has 3 aromatic rings. The average Bonchev–Trinajstić information content (AvgIpc) is 3.35. The minimum Gasteiger partial charge on any atom is -0.435 e. The van der Waals surface area contributed by atoms with Crippen LogP contribution in [0.5, 0.6) is 0 Å². The Hall–Kier alpha value is -3.10. The lowest BCUT2D eigenvalue weighted by atomic mass is 10.0. The van der Waals surface area contributed by atoms with Crippen molar-refractivity contribution in [3.63, 3.8) is 0 Å². The Bertz CT molecular complexity index is 1080. The SMILES string of the molecule is Cc1nc(-c2cccc3sccc23)c(C(=O)NC(CCN)CC2=COOC=C2)o1. The molecular formula is C21H21N3O4S. The molecule has 150 valence electrons. The summed E-state index contributed by atoms with van der Waals surface area (Å²) in [7, 11) is 0. The predicted octanol–water partition coefficient (Wildman–Crippen LogP) is 4.06. The number of rotatable bonds is 7. The lowest BCUT2D eigenvalue weighted by Gasteiger charge is -2.19. The molecule has 0 radical (unpaired) electrons. The van der Waals surface area contributed by atoms with Gasteiger partial charge >= 0.3 is 0 Å². The van der Waals surface area contributed by atoms with Crippen LogP contribution in [0.3, 0.4) is 0 Å². The molecule has 8 heteroatoms. The molecule has 4 rings (SSSR count). The van der Waals surface area contributed by atoms with Crippen molar-refractivity contribution in [2.45, 2.75) is 25.8 Å². The van der Waals surface area contributed by atoms with Crippen molar-refractivity contribution < 1.29 is 19.0 Å². The second kappa shape index (κ2) is 8.50.